The van der Waals surface area contributed by atoms with E-state index in [-0.39, 0.29) is 35.9 Å². The van der Waals surface area contributed by atoms with E-state index in [1.807, 2.05) is 25.9 Å². The average molecular weight is 333 g/mol. The first kappa shape index (κ1) is 18.9. The Morgan fingerprint density at radius 2 is 1.82 bits per heavy atom. The lowest BCUT2D eigenvalue weighted by atomic mass is 10.2. The fourth-order valence-electron chi connectivity index (χ4n) is 2.58. The summed E-state index contributed by atoms with van der Waals surface area (Å²) in [6, 6.07) is -0.259. The van der Waals surface area contributed by atoms with Crippen LogP contribution < -0.4 is 0 Å². The second kappa shape index (κ2) is 7.92. The molecule has 0 bridgehead atoms. The van der Waals surface area contributed by atoms with E-state index >= 15 is 0 Å². The van der Waals surface area contributed by atoms with Gasteiger partial charge in [-0.25, -0.2) is 8.42 Å². The molecule has 0 aliphatic carbocycles. The molecule has 7 nitrogen and oxygen atoms in total. The third kappa shape index (κ3) is 5.57. The van der Waals surface area contributed by atoms with Crippen LogP contribution in [0, 0.1) is 0 Å². The van der Waals surface area contributed by atoms with Crippen LogP contribution in [-0.4, -0.2) is 92.8 Å². The van der Waals surface area contributed by atoms with E-state index < -0.39 is 9.84 Å². The molecule has 1 atom stereocenters. The van der Waals surface area contributed by atoms with Crippen molar-refractivity contribution in [3.8, 4) is 0 Å². The SMILES string of the molecule is CCN(C(=O)CN(CCN(C)C)C(C)=O)C1CCS(=O)(=O)C1. The first-order chi connectivity index (χ1) is 10.2. The Morgan fingerprint density at radius 1 is 1.18 bits per heavy atom. The summed E-state index contributed by atoms with van der Waals surface area (Å²) >= 11 is 0. The van der Waals surface area contributed by atoms with Gasteiger partial charge in [0, 0.05) is 32.6 Å². The number of nitrogens with zero attached hydrogens (tertiary/aromatic N) is 3. The Morgan fingerprint density at radius 3 is 2.23 bits per heavy atom. The van der Waals surface area contributed by atoms with Crippen LogP contribution in [0.1, 0.15) is 20.3 Å². The van der Waals surface area contributed by atoms with E-state index in [4.69, 9.17) is 0 Å². The van der Waals surface area contributed by atoms with E-state index in [0.717, 1.165) is 0 Å². The van der Waals surface area contributed by atoms with Crippen molar-refractivity contribution in [2.75, 3.05) is 51.8 Å². The molecule has 1 heterocycles. The molecule has 0 aromatic rings. The summed E-state index contributed by atoms with van der Waals surface area (Å²) in [5.41, 5.74) is 0. The highest BCUT2D eigenvalue weighted by atomic mass is 32.2. The summed E-state index contributed by atoms with van der Waals surface area (Å²) in [5.74, 6) is -0.160. The van der Waals surface area contributed by atoms with Crippen LogP contribution in [0.3, 0.4) is 0 Å². The molecule has 1 aliphatic rings. The van der Waals surface area contributed by atoms with Gasteiger partial charge in [-0.2, -0.15) is 0 Å². The zero-order valence-electron chi connectivity index (χ0n) is 13.9. The van der Waals surface area contributed by atoms with Crippen molar-refractivity contribution in [2.24, 2.45) is 0 Å². The predicted octanol–water partition coefficient (Wildman–Crippen LogP) is -0.568. The van der Waals surface area contributed by atoms with Gasteiger partial charge in [0.1, 0.15) is 0 Å². The number of amides is 2. The fraction of sp³-hybridized carbons (Fsp3) is 0.857. The summed E-state index contributed by atoms with van der Waals surface area (Å²) < 4.78 is 23.2. The van der Waals surface area contributed by atoms with E-state index in [1.54, 1.807) is 4.90 Å². The van der Waals surface area contributed by atoms with E-state index in [2.05, 4.69) is 0 Å². The molecule has 0 N–H and O–H groups in total. The Hall–Kier alpha value is -1.15. The van der Waals surface area contributed by atoms with Gasteiger partial charge >= 0.3 is 0 Å². The lowest BCUT2D eigenvalue weighted by Crippen LogP contribution is -2.48. The highest BCUT2D eigenvalue weighted by molar-refractivity contribution is 7.91. The summed E-state index contributed by atoms with van der Waals surface area (Å²) in [5, 5.41) is 0. The topological polar surface area (TPSA) is 78.0 Å². The molecule has 0 saturated carbocycles. The number of carbonyl (C=O) groups excluding carboxylic acids is 2. The van der Waals surface area contributed by atoms with Crippen molar-refractivity contribution < 1.29 is 18.0 Å². The van der Waals surface area contributed by atoms with Crippen molar-refractivity contribution >= 4 is 21.7 Å². The van der Waals surface area contributed by atoms with Crippen molar-refractivity contribution in [3.05, 3.63) is 0 Å². The third-order valence-electron chi connectivity index (χ3n) is 3.90. The number of likely N-dealkylation sites (N-methyl/N-ethyl adjacent to an activating group) is 2. The zero-order chi connectivity index (χ0) is 16.9. The van der Waals surface area contributed by atoms with Crippen LogP contribution in [0.15, 0.2) is 0 Å². The van der Waals surface area contributed by atoms with Gasteiger partial charge in [-0.05, 0) is 27.4 Å². The standard InChI is InChI=1S/C14H27N3O4S/c1-5-17(13-6-9-22(20,21)11-13)14(19)10-16(12(2)18)8-7-15(3)4/h13H,5-11H2,1-4H3. The Kier molecular flexibility index (Phi) is 6.80. The maximum absolute atomic E-state index is 12.5. The molecule has 0 spiro atoms. The zero-order valence-corrected chi connectivity index (χ0v) is 14.7. The molecule has 1 rings (SSSR count). The van der Waals surface area contributed by atoms with Crippen molar-refractivity contribution in [2.45, 2.75) is 26.3 Å². The van der Waals surface area contributed by atoms with Crippen LogP contribution >= 0.6 is 0 Å². The second-order valence-electron chi connectivity index (χ2n) is 5.98. The highest BCUT2D eigenvalue weighted by Crippen LogP contribution is 2.18. The van der Waals surface area contributed by atoms with E-state index in [0.29, 0.717) is 26.1 Å². The molecule has 128 valence electrons. The molecule has 2 amide bonds. The fourth-order valence-corrected chi connectivity index (χ4v) is 4.31. The molecular formula is C14H27N3O4S. The van der Waals surface area contributed by atoms with Crippen LogP contribution in [0.5, 0.6) is 0 Å². The number of carbonyl (C=O) groups is 2. The second-order valence-corrected chi connectivity index (χ2v) is 8.21. The van der Waals surface area contributed by atoms with Gasteiger partial charge in [-0.3, -0.25) is 9.59 Å². The molecule has 8 heteroatoms. The number of sulfone groups is 1. The van der Waals surface area contributed by atoms with Crippen molar-refractivity contribution in [3.63, 3.8) is 0 Å². The minimum Gasteiger partial charge on any atom is -0.337 e. The first-order valence-corrected chi connectivity index (χ1v) is 9.38. The number of hydrogen-bond donors (Lipinski definition) is 0. The minimum atomic E-state index is -3.03. The third-order valence-corrected chi connectivity index (χ3v) is 5.65. The summed E-state index contributed by atoms with van der Waals surface area (Å²) in [7, 11) is 0.778. The summed E-state index contributed by atoms with van der Waals surface area (Å²) in [6.07, 6.45) is 0.486. The number of hydrogen-bond acceptors (Lipinski definition) is 5. The maximum atomic E-state index is 12.5. The summed E-state index contributed by atoms with van der Waals surface area (Å²) in [4.78, 5) is 29.2. The van der Waals surface area contributed by atoms with Gasteiger partial charge in [0.25, 0.3) is 0 Å². The van der Waals surface area contributed by atoms with Gasteiger partial charge in [-0.15, -0.1) is 0 Å². The average Bonchev–Trinajstić information content (AvgIpc) is 2.75. The van der Waals surface area contributed by atoms with Gasteiger partial charge < -0.3 is 14.7 Å². The smallest absolute Gasteiger partial charge is 0.242 e. The Bertz CT molecular complexity index is 504. The molecule has 0 aromatic carbocycles. The molecule has 0 aromatic heterocycles. The van der Waals surface area contributed by atoms with Gasteiger partial charge in [0.05, 0.1) is 18.1 Å². The lowest BCUT2D eigenvalue weighted by Gasteiger charge is -2.30. The molecule has 22 heavy (non-hydrogen) atoms. The van der Waals surface area contributed by atoms with E-state index in [1.165, 1.54) is 11.8 Å². The van der Waals surface area contributed by atoms with Crippen LogP contribution in [0.4, 0.5) is 0 Å². The molecule has 0 radical (unpaired) electrons. The van der Waals surface area contributed by atoms with Gasteiger partial charge in [-0.1, -0.05) is 0 Å². The predicted molar refractivity (Wildman–Crippen MR) is 85.3 cm³/mol. The molecule has 1 aliphatic heterocycles. The van der Waals surface area contributed by atoms with Crippen molar-refractivity contribution in [1.82, 2.24) is 14.7 Å². The van der Waals surface area contributed by atoms with E-state index in [9.17, 15) is 18.0 Å². The lowest BCUT2D eigenvalue weighted by molar-refractivity contribution is -0.140. The van der Waals surface area contributed by atoms with Crippen LogP contribution in [-0.2, 0) is 19.4 Å². The molecular weight excluding hydrogens is 306 g/mol. The monoisotopic (exact) mass is 333 g/mol. The quantitative estimate of drug-likeness (QED) is 0.624. The van der Waals surface area contributed by atoms with Crippen LogP contribution in [0.25, 0.3) is 0 Å². The number of rotatable bonds is 7. The molecule has 1 saturated heterocycles. The maximum Gasteiger partial charge on any atom is 0.242 e. The Labute approximate surface area is 133 Å². The van der Waals surface area contributed by atoms with Crippen LogP contribution in [0.2, 0.25) is 0 Å². The normalized spacial score (nSPS) is 20.1. The molecule has 1 unspecified atom stereocenters. The molecule has 1 fully saturated rings. The van der Waals surface area contributed by atoms with Gasteiger partial charge in [0.2, 0.25) is 11.8 Å². The summed E-state index contributed by atoms with van der Waals surface area (Å²) in [6.45, 7) is 4.90. The first-order valence-electron chi connectivity index (χ1n) is 7.56. The van der Waals surface area contributed by atoms with Crippen molar-refractivity contribution in [1.29, 1.82) is 0 Å². The van der Waals surface area contributed by atoms with Gasteiger partial charge in [0.15, 0.2) is 9.84 Å². The largest absolute Gasteiger partial charge is 0.337 e. The highest BCUT2D eigenvalue weighted by Gasteiger charge is 2.34. The Balaban J connectivity index is 2.68. The minimum absolute atomic E-state index is 0.00750.